The molecule has 0 saturated carbocycles. The molecule has 134 valence electrons. The molecule has 8 nitrogen and oxygen atoms in total. The number of carboxylic acid groups (broad SMARTS) is 2. The van der Waals surface area contributed by atoms with Crippen LogP contribution in [0.25, 0.3) is 0 Å². The zero-order valence-electron chi connectivity index (χ0n) is 15.0. The van der Waals surface area contributed by atoms with Crippen molar-refractivity contribution in [3.05, 3.63) is 12.2 Å². The van der Waals surface area contributed by atoms with Gasteiger partial charge in [0.1, 0.15) is 12.6 Å². The number of hydrogen-bond donors (Lipinski definition) is 1. The van der Waals surface area contributed by atoms with E-state index in [0.29, 0.717) is 12.2 Å². The Bertz CT molecular complexity index is 437. The average Bonchev–Trinajstić information content (AvgIpc) is 2.35. The average molecular weight is 332 g/mol. The van der Waals surface area contributed by atoms with E-state index in [2.05, 4.69) is 6.58 Å². The molecule has 0 amide bonds. The molecule has 0 aliphatic rings. The van der Waals surface area contributed by atoms with E-state index in [0.717, 1.165) is 13.5 Å². The smallest absolute Gasteiger partial charge is 0.371 e. The van der Waals surface area contributed by atoms with Gasteiger partial charge in [0.25, 0.3) is 0 Å². The third-order valence-electron chi connectivity index (χ3n) is 3.28. The molecule has 0 aliphatic carbocycles. The molecule has 0 rings (SSSR count). The number of carbonyl (C=O) groups is 3. The Morgan fingerprint density at radius 1 is 1.26 bits per heavy atom. The molecule has 0 aromatic heterocycles. The Hall–Kier alpha value is -1.93. The lowest BCUT2D eigenvalue weighted by molar-refractivity contribution is -0.904. The number of aliphatic carboxylic acids is 2. The van der Waals surface area contributed by atoms with Gasteiger partial charge in [0, 0.05) is 19.0 Å². The molecule has 23 heavy (non-hydrogen) atoms. The molecule has 0 spiro atoms. The second-order valence-corrected chi connectivity index (χ2v) is 6.40. The van der Waals surface area contributed by atoms with Crippen LogP contribution in [0.3, 0.4) is 0 Å². The number of nitrogens with zero attached hydrogens (tertiary/aromatic N) is 2. The zero-order valence-corrected chi connectivity index (χ0v) is 15.0. The third kappa shape index (κ3) is 7.75. The summed E-state index contributed by atoms with van der Waals surface area (Å²) in [7, 11) is 8.32. The molecule has 0 aromatic carbocycles. The Morgan fingerprint density at radius 3 is 1.87 bits per heavy atom. The van der Waals surface area contributed by atoms with Crippen LogP contribution in [0.5, 0.6) is 0 Å². The molecule has 1 atom stereocenters. The van der Waals surface area contributed by atoms with Crippen LogP contribution in [-0.4, -0.2) is 86.3 Å². The van der Waals surface area contributed by atoms with E-state index in [4.69, 9.17) is 9.84 Å². The lowest BCUT2D eigenvalue weighted by Gasteiger charge is -2.40. The summed E-state index contributed by atoms with van der Waals surface area (Å²) in [5.74, 6) is -3.29. The lowest BCUT2D eigenvalue weighted by Crippen LogP contribution is -2.68. The second kappa shape index (κ2) is 9.26. The van der Waals surface area contributed by atoms with Crippen molar-refractivity contribution in [1.82, 2.24) is 4.90 Å². The summed E-state index contributed by atoms with van der Waals surface area (Å²) in [5.41, 5.74) is -1.45. The summed E-state index contributed by atoms with van der Waals surface area (Å²) in [5, 5.41) is 19.3. The van der Waals surface area contributed by atoms with Crippen LogP contribution < -0.4 is 5.11 Å². The van der Waals surface area contributed by atoms with Crippen molar-refractivity contribution >= 4 is 17.9 Å². The van der Waals surface area contributed by atoms with E-state index in [1.807, 2.05) is 19.0 Å². The van der Waals surface area contributed by atoms with Crippen LogP contribution in [0.1, 0.15) is 13.8 Å². The molecule has 0 aromatic rings. The summed E-state index contributed by atoms with van der Waals surface area (Å²) in [6.07, 6.45) is 0. The predicted octanol–water partition coefficient (Wildman–Crippen LogP) is -1.05. The number of ether oxygens (including phenoxy) is 1. The monoisotopic (exact) mass is 332 g/mol. The Labute approximate surface area is 137 Å². The first-order valence-electron chi connectivity index (χ1n) is 6.91. The van der Waals surface area contributed by atoms with Gasteiger partial charge in [-0.05, 0) is 21.0 Å². The van der Waals surface area contributed by atoms with E-state index in [-0.39, 0.29) is 10.5 Å². The molecule has 1 unspecified atom stereocenters. The zero-order chi connectivity index (χ0) is 19.0. The fourth-order valence-electron chi connectivity index (χ4n) is 1.09. The molecule has 0 heterocycles. The van der Waals surface area contributed by atoms with Crippen LogP contribution in [0.2, 0.25) is 0 Å². The van der Waals surface area contributed by atoms with Crippen LogP contribution >= 0.6 is 0 Å². The van der Waals surface area contributed by atoms with E-state index in [1.165, 1.54) is 21.1 Å². The van der Waals surface area contributed by atoms with Crippen molar-refractivity contribution < 1.29 is 33.8 Å². The second-order valence-electron chi connectivity index (χ2n) is 6.40. The van der Waals surface area contributed by atoms with Crippen molar-refractivity contribution in [3.63, 3.8) is 0 Å². The Morgan fingerprint density at radius 2 is 1.70 bits per heavy atom. The lowest BCUT2D eigenvalue weighted by atomic mass is 9.99. The first-order chi connectivity index (χ1) is 10.2. The number of likely N-dealkylation sites (N-methyl/N-ethyl adjacent to an activating group) is 2. The van der Waals surface area contributed by atoms with Crippen molar-refractivity contribution in [3.8, 4) is 0 Å². The van der Waals surface area contributed by atoms with Crippen LogP contribution in [0.4, 0.5) is 0 Å². The van der Waals surface area contributed by atoms with Crippen LogP contribution in [0.15, 0.2) is 12.2 Å². The fraction of sp³-hybridized carbons (Fsp3) is 0.667. The van der Waals surface area contributed by atoms with Gasteiger partial charge in [0.05, 0.1) is 21.1 Å². The van der Waals surface area contributed by atoms with Gasteiger partial charge in [0.15, 0.2) is 0 Å². The molecular formula is C15H28N2O6. The van der Waals surface area contributed by atoms with Gasteiger partial charge < -0.3 is 29.1 Å². The predicted molar refractivity (Wildman–Crippen MR) is 83.4 cm³/mol. The van der Waals surface area contributed by atoms with Gasteiger partial charge in [-0.25, -0.2) is 9.59 Å². The largest absolute Gasteiger partial charge is 0.543 e. The van der Waals surface area contributed by atoms with Gasteiger partial charge >= 0.3 is 11.9 Å². The van der Waals surface area contributed by atoms with Gasteiger partial charge in [-0.1, -0.05) is 6.58 Å². The Kier molecular flexibility index (Phi) is 9.40. The first-order valence-corrected chi connectivity index (χ1v) is 6.91. The SMILES string of the molecule is C=C(C)C(=O)OCCN(C)C.CC(C(=O)[O-])(C(=O)O)[N+](C)(C)C. The highest BCUT2D eigenvalue weighted by atomic mass is 16.5. The maximum atomic E-state index is 10.8. The van der Waals surface area contributed by atoms with E-state index < -0.39 is 17.5 Å². The number of carbonyl (C=O) groups excluding carboxylic acids is 2. The summed E-state index contributed by atoms with van der Waals surface area (Å²) in [6.45, 7) is 7.41. The van der Waals surface area contributed by atoms with E-state index in [1.54, 1.807) is 6.92 Å². The normalized spacial score (nSPS) is 13.4. The van der Waals surface area contributed by atoms with Crippen molar-refractivity contribution in [2.24, 2.45) is 0 Å². The maximum Gasteiger partial charge on any atom is 0.371 e. The maximum absolute atomic E-state index is 10.8. The summed E-state index contributed by atoms with van der Waals surface area (Å²) in [4.78, 5) is 34.0. The minimum Gasteiger partial charge on any atom is -0.543 e. The van der Waals surface area contributed by atoms with Gasteiger partial charge in [0.2, 0.25) is 5.54 Å². The molecule has 0 radical (unpaired) electrons. The van der Waals surface area contributed by atoms with Gasteiger partial charge in [-0.3, -0.25) is 0 Å². The minimum atomic E-state index is -1.90. The van der Waals surface area contributed by atoms with Crippen molar-refractivity contribution in [2.75, 3.05) is 48.4 Å². The molecule has 1 N–H and O–H groups in total. The number of esters is 1. The first kappa shape index (κ1) is 23.3. The highest BCUT2D eigenvalue weighted by Crippen LogP contribution is 2.17. The highest BCUT2D eigenvalue weighted by Gasteiger charge is 2.47. The van der Waals surface area contributed by atoms with E-state index >= 15 is 0 Å². The summed E-state index contributed by atoms with van der Waals surface area (Å²) in [6, 6.07) is 0. The Balaban J connectivity index is 0. The molecule has 0 aliphatic heterocycles. The minimum absolute atomic E-state index is 0.218. The third-order valence-corrected chi connectivity index (χ3v) is 3.28. The quantitative estimate of drug-likeness (QED) is 0.274. The number of carboxylic acids is 2. The topological polar surface area (TPSA) is 107 Å². The standard InChI is InChI=1S/C8H15NO2.C7H13NO4/c1-7(2)8(10)11-6-5-9(3)4;1-7(5(9)10,6(11)12)8(2,3)4/h1,5-6H2,2-4H3;1-4H3,(H-,9,10,11,12). The molecule has 0 saturated heterocycles. The molecule has 8 heteroatoms. The summed E-state index contributed by atoms with van der Waals surface area (Å²) >= 11 is 0. The number of quaternary nitrogens is 1. The number of rotatable bonds is 7. The van der Waals surface area contributed by atoms with Gasteiger partial charge in [-0.15, -0.1) is 0 Å². The number of hydrogen-bond acceptors (Lipinski definition) is 6. The van der Waals surface area contributed by atoms with Crippen molar-refractivity contribution in [1.29, 1.82) is 0 Å². The molecular weight excluding hydrogens is 304 g/mol. The highest BCUT2D eigenvalue weighted by molar-refractivity contribution is 6.00. The summed E-state index contributed by atoms with van der Waals surface area (Å²) < 4.78 is 4.62. The van der Waals surface area contributed by atoms with Crippen LogP contribution in [-0.2, 0) is 19.1 Å². The van der Waals surface area contributed by atoms with Crippen molar-refractivity contribution in [2.45, 2.75) is 19.4 Å². The molecule has 0 fully saturated rings. The fourth-order valence-corrected chi connectivity index (χ4v) is 1.09. The molecule has 0 bridgehead atoms. The van der Waals surface area contributed by atoms with E-state index in [9.17, 15) is 19.5 Å². The van der Waals surface area contributed by atoms with Crippen LogP contribution in [0, 0.1) is 0 Å². The van der Waals surface area contributed by atoms with Gasteiger partial charge in [-0.2, -0.15) is 0 Å².